The first kappa shape index (κ1) is 21.9. The quantitative estimate of drug-likeness (QED) is 0.360. The molecule has 1 aromatic carbocycles. The average molecular weight is 430 g/mol. The minimum Gasteiger partial charge on any atom is -0.373 e. The summed E-state index contributed by atoms with van der Waals surface area (Å²) < 4.78 is 29.2. The summed E-state index contributed by atoms with van der Waals surface area (Å²) in [5.74, 6) is 9.97. The summed E-state index contributed by atoms with van der Waals surface area (Å²) in [5, 5.41) is 19.6. The van der Waals surface area contributed by atoms with E-state index in [9.17, 15) is 18.3 Å². The number of aliphatic hydroxyl groups is 1. The molecule has 30 heavy (non-hydrogen) atoms. The predicted octanol–water partition coefficient (Wildman–Crippen LogP) is 0.456. The predicted molar refractivity (Wildman–Crippen MR) is 110 cm³/mol. The van der Waals surface area contributed by atoms with Crippen molar-refractivity contribution in [3.63, 3.8) is 0 Å². The fourth-order valence-electron chi connectivity index (χ4n) is 3.01. The third-order valence-electron chi connectivity index (χ3n) is 5.25. The lowest BCUT2D eigenvalue weighted by Gasteiger charge is -2.30. The zero-order valence-corrected chi connectivity index (χ0v) is 17.4. The molecule has 0 spiro atoms. The number of hydroxylamine groups is 1. The molecular formula is C21H22N2O6S. The third-order valence-corrected chi connectivity index (χ3v) is 7.27. The van der Waals surface area contributed by atoms with Crippen LogP contribution in [0.15, 0.2) is 30.5 Å². The molecule has 0 bridgehead atoms. The van der Waals surface area contributed by atoms with Crippen LogP contribution in [-0.2, 0) is 25.9 Å². The van der Waals surface area contributed by atoms with Gasteiger partial charge in [0.2, 0.25) is 0 Å². The third kappa shape index (κ3) is 4.35. The molecule has 1 unspecified atom stereocenters. The summed E-state index contributed by atoms with van der Waals surface area (Å²) in [7, 11) is -3.75. The van der Waals surface area contributed by atoms with Crippen molar-refractivity contribution < 1.29 is 28.3 Å². The first-order valence-corrected chi connectivity index (χ1v) is 11.0. The number of nitrogens with one attached hydrogen (secondary N) is 1. The van der Waals surface area contributed by atoms with E-state index in [1.54, 1.807) is 6.20 Å². The number of ether oxygens (including phenoxy) is 1. The van der Waals surface area contributed by atoms with Crippen LogP contribution in [-0.4, -0.2) is 59.0 Å². The molecule has 9 heteroatoms. The molecule has 1 amide bonds. The average Bonchev–Trinajstić information content (AvgIpc) is 3.08. The Bertz CT molecular complexity index is 1200. The van der Waals surface area contributed by atoms with Gasteiger partial charge in [0.15, 0.2) is 20.2 Å². The highest BCUT2D eigenvalue weighted by Gasteiger charge is 2.43. The Morgan fingerprint density at radius 2 is 2.07 bits per heavy atom. The van der Waals surface area contributed by atoms with Gasteiger partial charge in [-0.05, 0) is 55.4 Å². The smallest absolute Gasteiger partial charge is 0.264 e. The minimum absolute atomic E-state index is 0.00816. The first-order valence-electron chi connectivity index (χ1n) is 9.14. The zero-order valence-electron chi connectivity index (χ0n) is 16.6. The Balaban J connectivity index is 1.77. The Hall–Kier alpha value is -2.82. The van der Waals surface area contributed by atoms with E-state index in [4.69, 9.17) is 9.94 Å². The molecule has 2 heterocycles. The summed E-state index contributed by atoms with van der Waals surface area (Å²) in [5.41, 5.74) is 1.95. The lowest BCUT2D eigenvalue weighted by Crippen LogP contribution is -2.49. The van der Waals surface area contributed by atoms with Crippen molar-refractivity contribution in [2.75, 3.05) is 19.5 Å². The van der Waals surface area contributed by atoms with Crippen LogP contribution in [0.5, 0.6) is 0 Å². The number of carbonyl (C=O) groups is 1. The van der Waals surface area contributed by atoms with E-state index in [2.05, 4.69) is 23.7 Å². The van der Waals surface area contributed by atoms with Crippen molar-refractivity contribution in [2.24, 2.45) is 0 Å². The number of rotatable bonds is 5. The molecule has 0 aliphatic carbocycles. The van der Waals surface area contributed by atoms with Gasteiger partial charge in [0.25, 0.3) is 5.91 Å². The monoisotopic (exact) mass is 430 g/mol. The topological polar surface area (TPSA) is 118 Å². The van der Waals surface area contributed by atoms with Crippen LogP contribution < -0.4 is 5.48 Å². The minimum atomic E-state index is -3.75. The van der Waals surface area contributed by atoms with Crippen molar-refractivity contribution in [3.8, 4) is 23.7 Å². The van der Waals surface area contributed by atoms with Crippen LogP contribution >= 0.6 is 0 Å². The molecule has 2 aromatic rings. The second-order valence-electron chi connectivity index (χ2n) is 7.50. The van der Waals surface area contributed by atoms with E-state index in [-0.39, 0.29) is 26.2 Å². The van der Waals surface area contributed by atoms with E-state index >= 15 is 0 Å². The number of aryl methyl sites for hydroxylation is 1. The number of amides is 1. The van der Waals surface area contributed by atoms with Crippen molar-refractivity contribution in [3.05, 3.63) is 36.0 Å². The maximum Gasteiger partial charge on any atom is 0.264 e. The molecule has 1 fully saturated rings. The van der Waals surface area contributed by atoms with Crippen molar-refractivity contribution in [1.82, 2.24) is 10.0 Å². The van der Waals surface area contributed by atoms with Gasteiger partial charge in [-0.3, -0.25) is 10.0 Å². The van der Waals surface area contributed by atoms with Crippen LogP contribution in [0, 0.1) is 23.7 Å². The van der Waals surface area contributed by atoms with Crippen LogP contribution in [0.2, 0.25) is 0 Å². The van der Waals surface area contributed by atoms with Gasteiger partial charge in [-0.25, -0.2) is 13.9 Å². The SMILES string of the molecule is CC(CCn1ccc2cc(C#CC#CC3(O)COC3)ccc21)(C(=O)NO)S(C)(=O)=O. The molecule has 1 aliphatic rings. The zero-order chi connectivity index (χ0) is 22.0. The number of benzene rings is 1. The molecule has 3 rings (SSSR count). The van der Waals surface area contributed by atoms with Gasteiger partial charge in [-0.15, -0.1) is 0 Å². The van der Waals surface area contributed by atoms with Gasteiger partial charge in [-0.2, -0.15) is 0 Å². The molecule has 1 aromatic heterocycles. The molecule has 158 valence electrons. The van der Waals surface area contributed by atoms with Crippen molar-refractivity contribution in [1.29, 1.82) is 0 Å². The number of fused-ring (bicyclic) bond motifs is 1. The lowest BCUT2D eigenvalue weighted by molar-refractivity contribution is -0.140. The molecule has 8 nitrogen and oxygen atoms in total. The largest absolute Gasteiger partial charge is 0.373 e. The van der Waals surface area contributed by atoms with E-state index in [0.717, 1.165) is 22.7 Å². The molecule has 0 saturated carbocycles. The number of hydrogen-bond donors (Lipinski definition) is 3. The fourth-order valence-corrected chi connectivity index (χ4v) is 3.86. The van der Waals surface area contributed by atoms with E-state index in [0.29, 0.717) is 0 Å². The number of sulfone groups is 1. The normalized spacial score (nSPS) is 16.9. The Morgan fingerprint density at radius 3 is 2.67 bits per heavy atom. The highest BCUT2D eigenvalue weighted by atomic mass is 32.2. The van der Waals surface area contributed by atoms with Gasteiger partial charge < -0.3 is 14.4 Å². The van der Waals surface area contributed by atoms with Gasteiger partial charge in [0.05, 0.1) is 13.2 Å². The Kier molecular flexibility index (Phi) is 5.93. The maximum absolute atomic E-state index is 12.1. The van der Waals surface area contributed by atoms with Crippen LogP contribution in [0.3, 0.4) is 0 Å². The number of nitrogens with zero attached hydrogens (tertiary/aromatic N) is 1. The molecule has 1 saturated heterocycles. The van der Waals surface area contributed by atoms with Crippen molar-refractivity contribution in [2.45, 2.75) is 30.2 Å². The summed E-state index contributed by atoms with van der Waals surface area (Å²) in [6, 6.07) is 7.40. The van der Waals surface area contributed by atoms with E-state index < -0.39 is 26.1 Å². The van der Waals surface area contributed by atoms with E-state index in [1.165, 1.54) is 12.4 Å². The Labute approximate surface area is 174 Å². The number of hydrogen-bond acceptors (Lipinski definition) is 6. The molecule has 0 radical (unpaired) electrons. The fraction of sp³-hybridized carbons (Fsp3) is 0.381. The van der Waals surface area contributed by atoms with Crippen molar-refractivity contribution >= 4 is 26.6 Å². The highest BCUT2D eigenvalue weighted by molar-refractivity contribution is 7.92. The number of carbonyl (C=O) groups excluding carboxylic acids is 1. The van der Waals surface area contributed by atoms with Gasteiger partial charge >= 0.3 is 0 Å². The van der Waals surface area contributed by atoms with Gasteiger partial charge in [-0.1, -0.05) is 5.92 Å². The molecular weight excluding hydrogens is 408 g/mol. The summed E-state index contributed by atoms with van der Waals surface area (Å²) >= 11 is 0. The summed E-state index contributed by atoms with van der Waals surface area (Å²) in [6.07, 6.45) is 2.76. The highest BCUT2D eigenvalue weighted by Crippen LogP contribution is 2.24. The maximum atomic E-state index is 12.1. The second-order valence-corrected chi connectivity index (χ2v) is 9.95. The van der Waals surface area contributed by atoms with Crippen LogP contribution in [0.25, 0.3) is 10.9 Å². The lowest BCUT2D eigenvalue weighted by atomic mass is 10.0. The van der Waals surface area contributed by atoms with Crippen LogP contribution in [0.4, 0.5) is 0 Å². The standard InChI is InChI=1S/C21H22N2O6S/c1-20(19(24)22-26,30(2,27)28)10-12-23-11-8-17-13-16(6-7-18(17)23)5-3-4-9-21(25)14-29-15-21/h6-8,11,13,25-26H,10,12,14-15H2,1-2H3,(H,22,24). The number of aromatic nitrogens is 1. The van der Waals surface area contributed by atoms with Crippen LogP contribution in [0.1, 0.15) is 18.9 Å². The van der Waals surface area contributed by atoms with Gasteiger partial charge in [0.1, 0.15) is 0 Å². The molecule has 1 atom stereocenters. The second kappa shape index (κ2) is 8.13. The summed E-state index contributed by atoms with van der Waals surface area (Å²) in [6.45, 7) is 1.94. The summed E-state index contributed by atoms with van der Waals surface area (Å²) in [4.78, 5) is 12.0. The molecule has 1 aliphatic heterocycles. The van der Waals surface area contributed by atoms with E-state index in [1.807, 2.05) is 28.8 Å². The molecule has 3 N–H and O–H groups in total. The first-order chi connectivity index (χ1) is 14.1. The van der Waals surface area contributed by atoms with Gasteiger partial charge in [0, 0.05) is 35.5 Å². The Morgan fingerprint density at radius 1 is 1.33 bits per heavy atom.